The number of nitrogens with zero attached hydrogens (tertiary/aromatic N) is 2. The molecule has 2 N–H and O–H groups in total. The van der Waals surface area contributed by atoms with Crippen molar-refractivity contribution in [3.8, 4) is 0 Å². The lowest BCUT2D eigenvalue weighted by Crippen LogP contribution is -2.30. The van der Waals surface area contributed by atoms with Crippen LogP contribution in [-0.2, 0) is 4.79 Å². The van der Waals surface area contributed by atoms with E-state index < -0.39 is 0 Å². The zero-order chi connectivity index (χ0) is 19.4. The Hall–Kier alpha value is -3.12. The third kappa shape index (κ3) is 4.35. The van der Waals surface area contributed by atoms with Crippen LogP contribution in [0.25, 0.3) is 11.7 Å². The summed E-state index contributed by atoms with van der Waals surface area (Å²) in [6.45, 7) is 3.75. The van der Waals surface area contributed by atoms with Crippen LogP contribution >= 0.6 is 11.6 Å². The summed E-state index contributed by atoms with van der Waals surface area (Å²) >= 11 is 6.16. The summed E-state index contributed by atoms with van der Waals surface area (Å²) in [6.07, 6.45) is 4.77. The Morgan fingerprint density at radius 3 is 2.67 bits per heavy atom. The van der Waals surface area contributed by atoms with Crippen molar-refractivity contribution < 1.29 is 9.59 Å². The molecular formula is C20H19ClN4O2. The Kier molecular flexibility index (Phi) is 5.57. The second kappa shape index (κ2) is 8.05. The van der Waals surface area contributed by atoms with Crippen molar-refractivity contribution in [2.45, 2.75) is 19.9 Å². The number of carbonyl (C=O) groups is 2. The second-order valence-corrected chi connectivity index (χ2v) is 6.57. The molecule has 0 aliphatic carbocycles. The van der Waals surface area contributed by atoms with Gasteiger partial charge in [0.2, 0.25) is 5.91 Å². The molecule has 138 valence electrons. The van der Waals surface area contributed by atoms with Gasteiger partial charge in [-0.15, -0.1) is 0 Å². The van der Waals surface area contributed by atoms with Gasteiger partial charge in [0.25, 0.3) is 5.91 Å². The third-order valence-electron chi connectivity index (χ3n) is 3.76. The smallest absolute Gasteiger partial charge is 0.253 e. The number of nitrogens with one attached hydrogen (secondary N) is 2. The number of benzene rings is 1. The zero-order valence-electron chi connectivity index (χ0n) is 14.9. The maximum Gasteiger partial charge on any atom is 0.253 e. The number of imidazole rings is 1. The van der Waals surface area contributed by atoms with Crippen LogP contribution in [0.4, 0.5) is 5.69 Å². The van der Waals surface area contributed by atoms with Gasteiger partial charge in [0.05, 0.1) is 16.9 Å². The molecule has 2 amide bonds. The minimum atomic E-state index is -0.373. The molecule has 1 aromatic carbocycles. The molecule has 6 nitrogen and oxygen atoms in total. The van der Waals surface area contributed by atoms with Gasteiger partial charge in [-0.05, 0) is 44.2 Å². The molecule has 0 bridgehead atoms. The summed E-state index contributed by atoms with van der Waals surface area (Å²) in [7, 11) is 0. The van der Waals surface area contributed by atoms with Gasteiger partial charge < -0.3 is 10.6 Å². The molecule has 0 aliphatic heterocycles. The number of fused-ring (bicyclic) bond motifs is 1. The van der Waals surface area contributed by atoms with Crippen molar-refractivity contribution in [1.82, 2.24) is 14.7 Å². The van der Waals surface area contributed by atoms with Crippen molar-refractivity contribution in [2.24, 2.45) is 0 Å². The van der Waals surface area contributed by atoms with E-state index in [4.69, 9.17) is 11.6 Å². The molecule has 0 radical (unpaired) electrons. The lowest BCUT2D eigenvalue weighted by atomic mass is 10.1. The van der Waals surface area contributed by atoms with Crippen molar-refractivity contribution in [3.63, 3.8) is 0 Å². The van der Waals surface area contributed by atoms with Crippen molar-refractivity contribution in [2.75, 3.05) is 5.32 Å². The van der Waals surface area contributed by atoms with E-state index in [1.807, 2.05) is 38.2 Å². The van der Waals surface area contributed by atoms with E-state index in [2.05, 4.69) is 15.6 Å². The van der Waals surface area contributed by atoms with Gasteiger partial charge in [-0.2, -0.15) is 0 Å². The zero-order valence-corrected chi connectivity index (χ0v) is 15.7. The Morgan fingerprint density at radius 2 is 1.89 bits per heavy atom. The number of halogens is 1. The summed E-state index contributed by atoms with van der Waals surface area (Å²) in [5, 5.41) is 5.86. The highest BCUT2D eigenvalue weighted by Crippen LogP contribution is 2.19. The fraction of sp³-hybridized carbons (Fsp3) is 0.150. The maximum absolute atomic E-state index is 12.3. The predicted octanol–water partition coefficient (Wildman–Crippen LogP) is 3.78. The molecule has 0 saturated heterocycles. The van der Waals surface area contributed by atoms with Crippen LogP contribution in [0.1, 0.15) is 29.9 Å². The molecule has 27 heavy (non-hydrogen) atoms. The van der Waals surface area contributed by atoms with E-state index in [1.54, 1.807) is 34.7 Å². The maximum atomic E-state index is 12.3. The highest BCUT2D eigenvalue weighted by Gasteiger charge is 2.13. The van der Waals surface area contributed by atoms with Crippen LogP contribution in [0.15, 0.2) is 54.7 Å². The quantitative estimate of drug-likeness (QED) is 0.659. The summed E-state index contributed by atoms with van der Waals surface area (Å²) in [5.74, 6) is -0.614. The van der Waals surface area contributed by atoms with Crippen molar-refractivity contribution >= 4 is 40.8 Å². The van der Waals surface area contributed by atoms with Gasteiger partial charge in [0, 0.05) is 18.3 Å². The van der Waals surface area contributed by atoms with Crippen LogP contribution in [0.2, 0.25) is 5.15 Å². The molecule has 0 unspecified atom stereocenters. The number of carbonyl (C=O) groups excluding carboxylic acids is 2. The molecule has 0 aliphatic rings. The third-order valence-corrected chi connectivity index (χ3v) is 4.04. The number of amides is 2. The molecule has 2 heterocycles. The fourth-order valence-electron chi connectivity index (χ4n) is 2.59. The molecule has 0 fully saturated rings. The number of pyridine rings is 1. The lowest BCUT2D eigenvalue weighted by molar-refractivity contribution is -0.111. The number of para-hydroxylation sites is 1. The summed E-state index contributed by atoms with van der Waals surface area (Å²) in [6, 6.07) is 12.4. The van der Waals surface area contributed by atoms with E-state index in [0.29, 0.717) is 27.7 Å². The first kappa shape index (κ1) is 18.7. The van der Waals surface area contributed by atoms with E-state index >= 15 is 0 Å². The van der Waals surface area contributed by atoms with Crippen LogP contribution in [0, 0.1) is 0 Å². The van der Waals surface area contributed by atoms with Crippen LogP contribution in [0.3, 0.4) is 0 Å². The van der Waals surface area contributed by atoms with Gasteiger partial charge in [0.15, 0.2) is 5.15 Å². The molecule has 0 atom stereocenters. The van der Waals surface area contributed by atoms with E-state index in [-0.39, 0.29) is 17.9 Å². The number of aromatic nitrogens is 2. The molecule has 3 aromatic rings. The van der Waals surface area contributed by atoms with E-state index in [1.165, 1.54) is 6.08 Å². The molecule has 3 rings (SSSR count). The Morgan fingerprint density at radius 1 is 1.15 bits per heavy atom. The molecule has 7 heteroatoms. The number of hydrogen-bond donors (Lipinski definition) is 2. The van der Waals surface area contributed by atoms with Gasteiger partial charge in [-0.25, -0.2) is 4.98 Å². The second-order valence-electron chi connectivity index (χ2n) is 6.21. The minimum absolute atomic E-state index is 0.00144. The lowest BCUT2D eigenvalue weighted by Gasteiger charge is -2.12. The largest absolute Gasteiger partial charge is 0.350 e. The number of rotatable bonds is 5. The normalized spacial score (nSPS) is 11.3. The van der Waals surface area contributed by atoms with Crippen molar-refractivity contribution in [3.05, 3.63) is 71.1 Å². The van der Waals surface area contributed by atoms with Crippen LogP contribution in [-0.4, -0.2) is 27.2 Å². The number of hydrogen-bond acceptors (Lipinski definition) is 3. The van der Waals surface area contributed by atoms with Gasteiger partial charge in [0.1, 0.15) is 5.65 Å². The van der Waals surface area contributed by atoms with Crippen molar-refractivity contribution in [1.29, 1.82) is 0 Å². The Bertz CT molecular complexity index is 1020. The minimum Gasteiger partial charge on any atom is -0.350 e. The first-order valence-electron chi connectivity index (χ1n) is 8.47. The Labute approximate surface area is 161 Å². The standard InChI is InChI=1S/C20H19ClN4O2/c1-13(2)22-20(27)14-7-3-4-8-15(14)23-18(26)11-10-16-19(21)24-17-9-5-6-12-25(16)17/h3-13H,1-2H3,(H,22,27)(H,23,26)/b11-10+. The highest BCUT2D eigenvalue weighted by atomic mass is 35.5. The van der Waals surface area contributed by atoms with E-state index in [9.17, 15) is 9.59 Å². The van der Waals surface area contributed by atoms with Crippen LogP contribution < -0.4 is 10.6 Å². The SMILES string of the molecule is CC(C)NC(=O)c1ccccc1NC(=O)/C=C/c1c(Cl)nc2ccccn12. The number of anilines is 1. The highest BCUT2D eigenvalue weighted by molar-refractivity contribution is 6.31. The summed E-state index contributed by atoms with van der Waals surface area (Å²) in [4.78, 5) is 28.9. The van der Waals surface area contributed by atoms with E-state index in [0.717, 1.165) is 0 Å². The Balaban J connectivity index is 1.79. The molecule has 0 spiro atoms. The van der Waals surface area contributed by atoms with Gasteiger partial charge in [-0.3, -0.25) is 14.0 Å². The van der Waals surface area contributed by atoms with Gasteiger partial charge >= 0.3 is 0 Å². The average Bonchev–Trinajstić information content (AvgIpc) is 2.95. The predicted molar refractivity (Wildman–Crippen MR) is 107 cm³/mol. The first-order chi connectivity index (χ1) is 13.0. The summed E-state index contributed by atoms with van der Waals surface area (Å²) in [5.41, 5.74) is 2.14. The topological polar surface area (TPSA) is 75.5 Å². The molecule has 2 aromatic heterocycles. The monoisotopic (exact) mass is 382 g/mol. The van der Waals surface area contributed by atoms with Crippen LogP contribution in [0.5, 0.6) is 0 Å². The van der Waals surface area contributed by atoms with Gasteiger partial charge in [-0.1, -0.05) is 29.8 Å². The molecule has 0 saturated carbocycles. The first-order valence-corrected chi connectivity index (χ1v) is 8.85. The molecular weight excluding hydrogens is 364 g/mol. The summed E-state index contributed by atoms with van der Waals surface area (Å²) < 4.78 is 1.79. The fourth-order valence-corrected chi connectivity index (χ4v) is 2.83. The average molecular weight is 383 g/mol.